The van der Waals surface area contributed by atoms with Crippen molar-refractivity contribution in [3.05, 3.63) is 22.7 Å². The minimum atomic E-state index is -5.08. The largest absolute Gasteiger partial charge is 0.495 e. The molecule has 9 heteroatoms. The monoisotopic (exact) mass is 354 g/mol. The number of benzene rings is 1. The van der Waals surface area contributed by atoms with Crippen LogP contribution in [0.5, 0.6) is 5.75 Å². The summed E-state index contributed by atoms with van der Waals surface area (Å²) in [6, 6.07) is 4.00. The van der Waals surface area contributed by atoms with Gasteiger partial charge in [0.25, 0.3) is 0 Å². The molecule has 0 radical (unpaired) electrons. The molecule has 2 N–H and O–H groups in total. The van der Waals surface area contributed by atoms with E-state index in [4.69, 9.17) is 26.2 Å². The molecule has 130 valence electrons. The van der Waals surface area contributed by atoms with Gasteiger partial charge in [-0.15, -0.1) is 0 Å². The van der Waals surface area contributed by atoms with Gasteiger partial charge in [-0.05, 0) is 24.6 Å². The predicted octanol–water partition coefficient (Wildman–Crippen LogP) is 2.70. The summed E-state index contributed by atoms with van der Waals surface area (Å²) < 4.78 is 36.9. The van der Waals surface area contributed by atoms with E-state index in [2.05, 4.69) is 17.1 Å². The number of nitrogens with zero attached hydrogens (tertiary/aromatic N) is 1. The lowest BCUT2D eigenvalue weighted by Crippen LogP contribution is -2.43. The molecule has 0 saturated carbocycles. The van der Waals surface area contributed by atoms with Crippen molar-refractivity contribution in [1.82, 2.24) is 5.32 Å². The number of ether oxygens (including phenoxy) is 1. The van der Waals surface area contributed by atoms with Gasteiger partial charge in [-0.3, -0.25) is 0 Å². The summed E-state index contributed by atoms with van der Waals surface area (Å²) in [6.07, 6.45) is -5.08. The average Bonchev–Trinajstić information content (AvgIpc) is 2.49. The fourth-order valence-electron chi connectivity index (χ4n) is 2.05. The van der Waals surface area contributed by atoms with Crippen LogP contribution >= 0.6 is 11.6 Å². The molecule has 23 heavy (non-hydrogen) atoms. The van der Waals surface area contributed by atoms with Gasteiger partial charge < -0.3 is 20.1 Å². The molecule has 1 aromatic carbocycles. The molecule has 0 spiro atoms. The molecule has 0 bridgehead atoms. The lowest BCUT2D eigenvalue weighted by Gasteiger charge is -2.31. The normalized spacial score (nSPS) is 14.8. The van der Waals surface area contributed by atoms with Crippen LogP contribution in [0.1, 0.15) is 5.56 Å². The number of nitrogens with one attached hydrogen (secondary N) is 1. The van der Waals surface area contributed by atoms with E-state index in [0.29, 0.717) is 5.02 Å². The van der Waals surface area contributed by atoms with E-state index in [0.717, 1.165) is 31.9 Å². The van der Waals surface area contributed by atoms with Crippen molar-refractivity contribution < 1.29 is 27.8 Å². The van der Waals surface area contributed by atoms with Gasteiger partial charge >= 0.3 is 12.1 Å². The lowest BCUT2D eigenvalue weighted by atomic mass is 10.1. The van der Waals surface area contributed by atoms with Crippen molar-refractivity contribution in [2.24, 2.45) is 0 Å². The third-order valence-corrected chi connectivity index (χ3v) is 3.47. The Morgan fingerprint density at radius 3 is 2.30 bits per heavy atom. The van der Waals surface area contributed by atoms with Gasteiger partial charge in [0, 0.05) is 31.9 Å². The summed E-state index contributed by atoms with van der Waals surface area (Å²) in [5.41, 5.74) is 2.43. The molecule has 1 saturated heterocycles. The minimum absolute atomic E-state index is 0.682. The van der Waals surface area contributed by atoms with Gasteiger partial charge in [-0.1, -0.05) is 11.6 Å². The Morgan fingerprint density at radius 2 is 1.87 bits per heavy atom. The number of aliphatic carboxylic acids is 1. The zero-order valence-electron chi connectivity index (χ0n) is 12.7. The SMILES string of the molecule is COc1cc(C)c(N2CCNCC2)cc1Cl.O=C(O)C(F)(F)F. The molecule has 2 rings (SSSR count). The smallest absolute Gasteiger partial charge is 0.490 e. The molecule has 1 fully saturated rings. The van der Waals surface area contributed by atoms with E-state index >= 15 is 0 Å². The molecule has 1 aliphatic heterocycles. The third-order valence-electron chi connectivity index (χ3n) is 3.17. The second-order valence-corrected chi connectivity index (χ2v) is 5.22. The summed E-state index contributed by atoms with van der Waals surface area (Å²) >= 11 is 6.15. The number of hydrogen-bond acceptors (Lipinski definition) is 4. The van der Waals surface area contributed by atoms with Crippen LogP contribution in [-0.4, -0.2) is 50.5 Å². The maximum atomic E-state index is 10.6. The van der Waals surface area contributed by atoms with Gasteiger partial charge in [0.05, 0.1) is 12.1 Å². The first-order valence-corrected chi connectivity index (χ1v) is 7.14. The van der Waals surface area contributed by atoms with E-state index in [1.807, 2.05) is 12.1 Å². The van der Waals surface area contributed by atoms with Crippen molar-refractivity contribution in [1.29, 1.82) is 0 Å². The third kappa shape index (κ3) is 5.80. The van der Waals surface area contributed by atoms with Crippen molar-refractivity contribution in [3.63, 3.8) is 0 Å². The van der Waals surface area contributed by atoms with Gasteiger partial charge in [0.2, 0.25) is 0 Å². The highest BCUT2D eigenvalue weighted by molar-refractivity contribution is 6.32. The molecular formula is C14H18ClF3N2O3. The predicted molar refractivity (Wildman–Crippen MR) is 81.5 cm³/mol. The number of piperazine rings is 1. The van der Waals surface area contributed by atoms with Crippen molar-refractivity contribution in [2.75, 3.05) is 38.2 Å². The van der Waals surface area contributed by atoms with Crippen LogP contribution < -0.4 is 15.0 Å². The molecule has 0 amide bonds. The number of methoxy groups -OCH3 is 1. The summed E-state index contributed by atoms with van der Waals surface area (Å²) in [5, 5.41) is 11.1. The number of alkyl halides is 3. The topological polar surface area (TPSA) is 61.8 Å². The maximum Gasteiger partial charge on any atom is 0.490 e. The summed E-state index contributed by atoms with van der Waals surface area (Å²) in [6.45, 7) is 6.22. The first-order valence-electron chi connectivity index (χ1n) is 6.76. The van der Waals surface area contributed by atoms with Crippen LogP contribution in [0, 0.1) is 6.92 Å². The Hall–Kier alpha value is -1.67. The Morgan fingerprint density at radius 1 is 1.35 bits per heavy atom. The van der Waals surface area contributed by atoms with Crippen LogP contribution in [-0.2, 0) is 4.79 Å². The quantitative estimate of drug-likeness (QED) is 0.855. The molecular weight excluding hydrogens is 337 g/mol. The highest BCUT2D eigenvalue weighted by Gasteiger charge is 2.38. The summed E-state index contributed by atoms with van der Waals surface area (Å²) in [5.74, 6) is -2.01. The Bertz CT molecular complexity index is 547. The lowest BCUT2D eigenvalue weighted by molar-refractivity contribution is -0.192. The Kier molecular flexibility index (Phi) is 6.96. The maximum absolute atomic E-state index is 10.6. The number of rotatable bonds is 2. The van der Waals surface area contributed by atoms with Gasteiger partial charge in [-0.2, -0.15) is 13.2 Å². The van der Waals surface area contributed by atoms with Crippen LogP contribution in [0.3, 0.4) is 0 Å². The van der Waals surface area contributed by atoms with Crippen molar-refractivity contribution in [3.8, 4) is 5.75 Å². The molecule has 0 aromatic heterocycles. The summed E-state index contributed by atoms with van der Waals surface area (Å²) in [4.78, 5) is 11.3. The van der Waals surface area contributed by atoms with E-state index < -0.39 is 12.1 Å². The van der Waals surface area contributed by atoms with Gasteiger partial charge in [0.15, 0.2) is 0 Å². The van der Waals surface area contributed by atoms with Crippen molar-refractivity contribution >= 4 is 23.3 Å². The van der Waals surface area contributed by atoms with Crippen LogP contribution in [0.25, 0.3) is 0 Å². The standard InChI is InChI=1S/C12H17ClN2O.C2HF3O2/c1-9-7-12(16-2)10(13)8-11(9)15-5-3-14-4-6-15;3-2(4,5)1(6)7/h7-8,14H,3-6H2,1-2H3;(H,6,7). The zero-order valence-corrected chi connectivity index (χ0v) is 13.5. The Labute approximate surface area is 137 Å². The summed E-state index contributed by atoms with van der Waals surface area (Å²) in [7, 11) is 1.64. The zero-order chi connectivity index (χ0) is 17.6. The molecule has 1 heterocycles. The number of carboxylic acids is 1. The van der Waals surface area contributed by atoms with Gasteiger partial charge in [0.1, 0.15) is 5.75 Å². The van der Waals surface area contributed by atoms with Crippen LogP contribution in [0.15, 0.2) is 12.1 Å². The Balaban J connectivity index is 0.000000322. The van der Waals surface area contributed by atoms with E-state index in [1.54, 1.807) is 7.11 Å². The second kappa shape index (κ2) is 8.26. The van der Waals surface area contributed by atoms with Crippen LogP contribution in [0.2, 0.25) is 5.02 Å². The number of halogens is 4. The second-order valence-electron chi connectivity index (χ2n) is 4.81. The highest BCUT2D eigenvalue weighted by Crippen LogP contribution is 2.32. The van der Waals surface area contributed by atoms with E-state index in [1.165, 1.54) is 11.3 Å². The number of hydrogen-bond donors (Lipinski definition) is 2. The number of anilines is 1. The minimum Gasteiger partial charge on any atom is -0.495 e. The molecule has 0 unspecified atom stereocenters. The number of carboxylic acid groups (broad SMARTS) is 1. The number of aryl methyl sites for hydroxylation is 1. The highest BCUT2D eigenvalue weighted by atomic mass is 35.5. The van der Waals surface area contributed by atoms with Gasteiger partial charge in [-0.25, -0.2) is 4.79 Å². The fraction of sp³-hybridized carbons (Fsp3) is 0.500. The van der Waals surface area contributed by atoms with Crippen molar-refractivity contribution in [2.45, 2.75) is 13.1 Å². The first-order chi connectivity index (χ1) is 10.7. The first kappa shape index (κ1) is 19.4. The molecule has 0 aliphatic carbocycles. The van der Waals surface area contributed by atoms with E-state index in [9.17, 15) is 13.2 Å². The molecule has 0 atom stereocenters. The molecule has 1 aromatic rings. The molecule has 5 nitrogen and oxygen atoms in total. The van der Waals surface area contributed by atoms with E-state index in [-0.39, 0.29) is 0 Å². The average molecular weight is 355 g/mol. The molecule has 1 aliphatic rings. The van der Waals surface area contributed by atoms with Crippen LogP contribution in [0.4, 0.5) is 18.9 Å². The fourth-order valence-corrected chi connectivity index (χ4v) is 2.28. The number of carbonyl (C=O) groups is 1.